The fourth-order valence-corrected chi connectivity index (χ4v) is 3.58. The van der Waals surface area contributed by atoms with Gasteiger partial charge in [0.15, 0.2) is 0 Å². The number of pyridine rings is 1. The number of carboxylic acids is 1. The molecule has 0 aliphatic carbocycles. The Bertz CT molecular complexity index is 1060. The van der Waals surface area contributed by atoms with Crippen LogP contribution in [-0.2, 0) is 11.2 Å². The largest absolute Gasteiger partial charge is 0.508 e. The zero-order chi connectivity index (χ0) is 20.6. The topological polar surface area (TPSA) is 70.4 Å². The molecule has 0 fully saturated rings. The summed E-state index contributed by atoms with van der Waals surface area (Å²) in [7, 11) is 0. The predicted octanol–water partition coefficient (Wildman–Crippen LogP) is 5.44. The Balaban J connectivity index is 2.39. The lowest BCUT2D eigenvalue weighted by Crippen LogP contribution is -2.15. The summed E-state index contributed by atoms with van der Waals surface area (Å²) >= 11 is 0. The first-order valence-electron chi connectivity index (χ1n) is 9.33. The molecule has 1 heterocycles. The lowest BCUT2D eigenvalue weighted by molar-refractivity contribution is -0.141. The Kier molecular flexibility index (Phi) is 5.36. The molecule has 5 heteroatoms. The average molecular weight is 381 g/mol. The maximum atomic E-state index is 13.9. The molecular weight excluding hydrogens is 357 g/mol. The Morgan fingerprint density at radius 3 is 2.46 bits per heavy atom. The molecule has 146 valence electrons. The van der Waals surface area contributed by atoms with Gasteiger partial charge in [0.2, 0.25) is 0 Å². The lowest BCUT2D eigenvalue weighted by Gasteiger charge is -2.21. The monoisotopic (exact) mass is 381 g/mol. The number of halogens is 1. The number of phenolic OH excluding ortho intramolecular Hbond substituents is 1. The van der Waals surface area contributed by atoms with Gasteiger partial charge in [0.05, 0.1) is 11.4 Å². The molecule has 28 heavy (non-hydrogen) atoms. The normalized spacial score (nSPS) is 12.5. The highest BCUT2D eigenvalue weighted by atomic mass is 19.1. The van der Waals surface area contributed by atoms with E-state index in [0.29, 0.717) is 16.8 Å². The summed E-state index contributed by atoms with van der Waals surface area (Å²) in [5, 5.41) is 20.1. The molecule has 1 aromatic heterocycles. The molecule has 0 saturated heterocycles. The highest BCUT2D eigenvalue weighted by Gasteiger charge is 2.23. The van der Waals surface area contributed by atoms with Gasteiger partial charge in [-0.15, -0.1) is 0 Å². The molecule has 3 aromatic rings. The zero-order valence-electron chi connectivity index (χ0n) is 16.5. The molecule has 0 amide bonds. The number of nitrogens with zero attached hydrogens (tertiary/aromatic N) is 1. The van der Waals surface area contributed by atoms with Crippen LogP contribution in [0.15, 0.2) is 36.4 Å². The van der Waals surface area contributed by atoms with E-state index in [1.165, 1.54) is 6.07 Å². The fourth-order valence-electron chi connectivity index (χ4n) is 3.58. The summed E-state index contributed by atoms with van der Waals surface area (Å²) in [4.78, 5) is 16.1. The molecule has 1 unspecified atom stereocenters. The number of aromatic nitrogens is 1. The second-order valence-corrected chi connectivity index (χ2v) is 7.61. The van der Waals surface area contributed by atoms with Crippen LogP contribution in [0.2, 0.25) is 0 Å². The van der Waals surface area contributed by atoms with E-state index in [2.05, 4.69) is 0 Å². The third-order valence-electron chi connectivity index (χ3n) is 5.03. The van der Waals surface area contributed by atoms with Crippen molar-refractivity contribution in [1.29, 1.82) is 0 Å². The number of aliphatic carboxylic acids is 1. The van der Waals surface area contributed by atoms with E-state index in [4.69, 9.17) is 4.98 Å². The number of fused-ring (bicyclic) bond motifs is 1. The van der Waals surface area contributed by atoms with Crippen molar-refractivity contribution in [3.63, 3.8) is 0 Å². The van der Waals surface area contributed by atoms with Gasteiger partial charge >= 0.3 is 5.97 Å². The molecule has 3 rings (SSSR count). The summed E-state index contributed by atoms with van der Waals surface area (Å²) < 4.78 is 13.9. The second kappa shape index (κ2) is 7.58. The van der Waals surface area contributed by atoms with Crippen LogP contribution in [0.3, 0.4) is 0 Å². The molecular formula is C23H24FNO3. The summed E-state index contributed by atoms with van der Waals surface area (Å²) in [6, 6.07) is 9.97. The minimum absolute atomic E-state index is 0.0852. The number of hydrogen-bond acceptors (Lipinski definition) is 3. The van der Waals surface area contributed by atoms with Crippen LogP contribution < -0.4 is 0 Å². The third kappa shape index (κ3) is 3.70. The van der Waals surface area contributed by atoms with Crippen LogP contribution in [-0.4, -0.2) is 21.2 Å². The first-order valence-corrected chi connectivity index (χ1v) is 9.33. The molecule has 2 N–H and O–H groups in total. The van der Waals surface area contributed by atoms with Gasteiger partial charge in [-0.3, -0.25) is 9.78 Å². The molecule has 0 aliphatic heterocycles. The molecule has 0 saturated carbocycles. The summed E-state index contributed by atoms with van der Waals surface area (Å²) in [5.74, 6) is -1.57. The Morgan fingerprint density at radius 2 is 1.86 bits per heavy atom. The summed E-state index contributed by atoms with van der Waals surface area (Å²) in [6.45, 7) is 7.45. The number of carboxylic acid groups (broad SMARTS) is 1. The van der Waals surface area contributed by atoms with E-state index >= 15 is 0 Å². The van der Waals surface area contributed by atoms with Gasteiger partial charge in [0, 0.05) is 23.6 Å². The van der Waals surface area contributed by atoms with Crippen molar-refractivity contribution >= 4 is 16.9 Å². The van der Waals surface area contributed by atoms with Crippen molar-refractivity contribution in [3.05, 3.63) is 59.0 Å². The lowest BCUT2D eigenvalue weighted by atomic mass is 9.85. The molecule has 2 aromatic carbocycles. The van der Waals surface area contributed by atoms with Gasteiger partial charge in [-0.1, -0.05) is 26.8 Å². The van der Waals surface area contributed by atoms with Crippen molar-refractivity contribution in [2.75, 3.05) is 0 Å². The van der Waals surface area contributed by atoms with Crippen molar-refractivity contribution < 1.29 is 19.4 Å². The number of aromatic hydroxyl groups is 1. The highest BCUT2D eigenvalue weighted by Crippen LogP contribution is 2.39. The zero-order valence-corrected chi connectivity index (χ0v) is 16.5. The first-order chi connectivity index (χ1) is 13.2. The number of hydrogen-bond donors (Lipinski definition) is 2. The molecule has 0 radical (unpaired) electrons. The van der Waals surface area contributed by atoms with Gasteiger partial charge in [-0.25, -0.2) is 4.39 Å². The smallest absolute Gasteiger partial charge is 0.306 e. The quantitative estimate of drug-likeness (QED) is 0.617. The first kappa shape index (κ1) is 19.8. The molecule has 0 aliphatic rings. The van der Waals surface area contributed by atoms with Crippen LogP contribution in [0.5, 0.6) is 5.75 Å². The van der Waals surface area contributed by atoms with Gasteiger partial charge in [0.1, 0.15) is 11.6 Å². The van der Waals surface area contributed by atoms with Crippen molar-refractivity contribution in [2.45, 2.75) is 40.0 Å². The van der Waals surface area contributed by atoms with E-state index in [0.717, 1.165) is 22.1 Å². The summed E-state index contributed by atoms with van der Waals surface area (Å²) in [6.07, 6.45) is 0.279. The molecule has 4 nitrogen and oxygen atoms in total. The van der Waals surface area contributed by atoms with Crippen LogP contribution in [0, 0.1) is 18.7 Å². The Labute approximate surface area is 163 Å². The standard InChI is InChI=1S/C23H24FNO3/c1-12(2)21-20(10-14(4)23(27)28)25-19-11-16(26)6-7-17(19)22(21)15-5-8-18(24)13(3)9-15/h5-9,11-12,14,26H,10H2,1-4H3,(H,27,28). The maximum absolute atomic E-state index is 13.9. The number of carbonyl (C=O) groups is 1. The van der Waals surface area contributed by atoms with Crippen LogP contribution in [0.1, 0.15) is 43.5 Å². The van der Waals surface area contributed by atoms with Crippen molar-refractivity contribution in [1.82, 2.24) is 4.98 Å². The van der Waals surface area contributed by atoms with E-state index < -0.39 is 11.9 Å². The second-order valence-electron chi connectivity index (χ2n) is 7.61. The van der Waals surface area contributed by atoms with E-state index in [1.807, 2.05) is 19.9 Å². The number of benzene rings is 2. The van der Waals surface area contributed by atoms with Crippen LogP contribution >= 0.6 is 0 Å². The van der Waals surface area contributed by atoms with Crippen LogP contribution in [0.25, 0.3) is 22.0 Å². The van der Waals surface area contributed by atoms with E-state index in [9.17, 15) is 19.4 Å². The van der Waals surface area contributed by atoms with Crippen molar-refractivity contribution in [2.24, 2.45) is 5.92 Å². The number of phenols is 1. The predicted molar refractivity (Wildman–Crippen MR) is 108 cm³/mol. The third-order valence-corrected chi connectivity index (χ3v) is 5.03. The SMILES string of the molecule is Cc1cc(-c2c(C(C)C)c(CC(C)C(=O)O)nc3cc(O)ccc23)ccc1F. The Morgan fingerprint density at radius 1 is 1.14 bits per heavy atom. The molecule has 0 bridgehead atoms. The van der Waals surface area contributed by atoms with Gasteiger partial charge in [-0.2, -0.15) is 0 Å². The molecule has 1 atom stereocenters. The summed E-state index contributed by atoms with van der Waals surface area (Å²) in [5.41, 5.74) is 4.54. The van der Waals surface area contributed by atoms with Crippen molar-refractivity contribution in [3.8, 4) is 16.9 Å². The van der Waals surface area contributed by atoms with Gasteiger partial charge in [0.25, 0.3) is 0 Å². The Hall–Kier alpha value is -2.95. The fraction of sp³-hybridized carbons (Fsp3) is 0.304. The van der Waals surface area contributed by atoms with Gasteiger partial charge in [-0.05, 0) is 59.4 Å². The van der Waals surface area contributed by atoms with E-state index in [-0.39, 0.29) is 23.9 Å². The van der Waals surface area contributed by atoms with Gasteiger partial charge < -0.3 is 10.2 Å². The number of aryl methyl sites for hydroxylation is 1. The highest BCUT2D eigenvalue weighted by molar-refractivity contribution is 5.97. The maximum Gasteiger partial charge on any atom is 0.306 e. The minimum Gasteiger partial charge on any atom is -0.508 e. The average Bonchev–Trinajstić information content (AvgIpc) is 2.62. The number of rotatable bonds is 5. The molecule has 0 spiro atoms. The minimum atomic E-state index is -0.883. The van der Waals surface area contributed by atoms with Crippen LogP contribution in [0.4, 0.5) is 4.39 Å². The van der Waals surface area contributed by atoms with E-state index in [1.54, 1.807) is 38.1 Å².